The van der Waals surface area contributed by atoms with Gasteiger partial charge in [-0.2, -0.15) is 0 Å². The van der Waals surface area contributed by atoms with Crippen molar-refractivity contribution in [1.29, 1.82) is 0 Å². The average molecular weight is 316 g/mol. The van der Waals surface area contributed by atoms with Crippen LogP contribution in [0.4, 0.5) is 0 Å². The third-order valence-electron chi connectivity index (χ3n) is 3.50. The van der Waals surface area contributed by atoms with E-state index in [1.54, 1.807) is 24.3 Å². The van der Waals surface area contributed by atoms with Gasteiger partial charge in [0.1, 0.15) is 5.75 Å². The predicted molar refractivity (Wildman–Crippen MR) is 80.8 cm³/mol. The molecule has 22 heavy (non-hydrogen) atoms. The van der Waals surface area contributed by atoms with Gasteiger partial charge in [-0.15, -0.1) is 0 Å². The number of carboxylic acids is 1. The molecule has 2 aromatic rings. The first-order chi connectivity index (χ1) is 10.4. The van der Waals surface area contributed by atoms with Gasteiger partial charge in [0.2, 0.25) is 9.84 Å². The van der Waals surface area contributed by atoms with Crippen LogP contribution in [-0.2, 0) is 9.84 Å². The number of rotatable bonds is 2. The van der Waals surface area contributed by atoms with Crippen molar-refractivity contribution < 1.29 is 23.1 Å². The van der Waals surface area contributed by atoms with Crippen molar-refractivity contribution in [2.24, 2.45) is 0 Å². The maximum atomic E-state index is 12.8. The van der Waals surface area contributed by atoms with E-state index < -0.39 is 15.8 Å². The van der Waals surface area contributed by atoms with Gasteiger partial charge in [-0.05, 0) is 41.5 Å². The van der Waals surface area contributed by atoms with Gasteiger partial charge in [0.15, 0.2) is 0 Å². The second-order valence-electron chi connectivity index (χ2n) is 4.80. The van der Waals surface area contributed by atoms with E-state index >= 15 is 0 Å². The molecule has 0 unspecified atom stereocenters. The lowest BCUT2D eigenvalue weighted by atomic mass is 10.1. The van der Waals surface area contributed by atoms with Crippen LogP contribution in [0.15, 0.2) is 46.2 Å². The SMILES string of the molecule is COc1ccc2c(c1)C=Cc1ccc(C(=O)O)cc1S2(=O)=O. The zero-order valence-corrected chi connectivity index (χ0v) is 12.4. The van der Waals surface area contributed by atoms with Crippen LogP contribution in [0.5, 0.6) is 5.75 Å². The molecule has 1 aliphatic rings. The molecule has 0 spiro atoms. The third-order valence-corrected chi connectivity index (χ3v) is 5.38. The summed E-state index contributed by atoms with van der Waals surface area (Å²) in [5, 5.41) is 9.06. The molecule has 3 rings (SSSR count). The highest BCUT2D eigenvalue weighted by Gasteiger charge is 2.26. The van der Waals surface area contributed by atoms with E-state index in [-0.39, 0.29) is 15.4 Å². The highest BCUT2D eigenvalue weighted by Crippen LogP contribution is 2.34. The molecule has 0 amide bonds. The zero-order valence-electron chi connectivity index (χ0n) is 11.6. The summed E-state index contributed by atoms with van der Waals surface area (Å²) in [6.07, 6.45) is 3.34. The van der Waals surface area contributed by atoms with E-state index in [1.165, 1.54) is 31.4 Å². The largest absolute Gasteiger partial charge is 0.497 e. The molecule has 0 aromatic heterocycles. The fourth-order valence-electron chi connectivity index (χ4n) is 2.36. The molecule has 0 bridgehead atoms. The Labute approximate surface area is 127 Å². The average Bonchev–Trinajstić information content (AvgIpc) is 2.62. The topological polar surface area (TPSA) is 80.7 Å². The normalized spacial score (nSPS) is 14.6. The van der Waals surface area contributed by atoms with Crippen LogP contribution in [0.1, 0.15) is 21.5 Å². The molecule has 0 aliphatic carbocycles. The van der Waals surface area contributed by atoms with E-state index in [0.717, 1.165) is 0 Å². The Balaban J connectivity index is 2.30. The van der Waals surface area contributed by atoms with Crippen molar-refractivity contribution >= 4 is 28.0 Å². The number of hydrogen-bond donors (Lipinski definition) is 1. The molecule has 1 N–H and O–H groups in total. The van der Waals surface area contributed by atoms with Crippen molar-refractivity contribution in [2.75, 3.05) is 7.11 Å². The van der Waals surface area contributed by atoms with Crippen LogP contribution >= 0.6 is 0 Å². The van der Waals surface area contributed by atoms with Gasteiger partial charge in [-0.3, -0.25) is 0 Å². The van der Waals surface area contributed by atoms with Gasteiger partial charge in [0.25, 0.3) is 0 Å². The summed E-state index contributed by atoms with van der Waals surface area (Å²) < 4.78 is 30.7. The highest BCUT2D eigenvalue weighted by atomic mass is 32.2. The second kappa shape index (κ2) is 4.99. The fraction of sp³-hybridized carbons (Fsp3) is 0.0625. The number of benzene rings is 2. The van der Waals surface area contributed by atoms with E-state index in [4.69, 9.17) is 9.84 Å². The zero-order chi connectivity index (χ0) is 15.9. The Morgan fingerprint density at radius 3 is 2.41 bits per heavy atom. The number of sulfone groups is 1. The van der Waals surface area contributed by atoms with Crippen LogP contribution in [0, 0.1) is 0 Å². The van der Waals surface area contributed by atoms with Gasteiger partial charge in [-0.1, -0.05) is 18.2 Å². The van der Waals surface area contributed by atoms with Crippen LogP contribution in [0.3, 0.4) is 0 Å². The molecule has 5 nitrogen and oxygen atoms in total. The van der Waals surface area contributed by atoms with Gasteiger partial charge >= 0.3 is 5.97 Å². The van der Waals surface area contributed by atoms with Gasteiger partial charge in [0.05, 0.1) is 22.5 Å². The second-order valence-corrected chi connectivity index (χ2v) is 6.68. The molecule has 1 aliphatic heterocycles. The highest BCUT2D eigenvalue weighted by molar-refractivity contribution is 7.91. The lowest BCUT2D eigenvalue weighted by molar-refractivity contribution is 0.0696. The Hall–Kier alpha value is -2.60. The van der Waals surface area contributed by atoms with Crippen molar-refractivity contribution in [3.8, 4) is 5.75 Å². The maximum Gasteiger partial charge on any atom is 0.335 e. The molecule has 112 valence electrons. The number of methoxy groups -OCH3 is 1. The van der Waals surface area contributed by atoms with E-state index in [2.05, 4.69) is 0 Å². The summed E-state index contributed by atoms with van der Waals surface area (Å²) in [6.45, 7) is 0. The summed E-state index contributed by atoms with van der Waals surface area (Å²) in [4.78, 5) is 11.2. The number of ether oxygens (including phenoxy) is 1. The van der Waals surface area contributed by atoms with Crippen molar-refractivity contribution in [3.05, 3.63) is 53.1 Å². The van der Waals surface area contributed by atoms with E-state index in [9.17, 15) is 13.2 Å². The molecule has 0 saturated heterocycles. The minimum atomic E-state index is -3.80. The fourth-order valence-corrected chi connectivity index (χ4v) is 4.01. The summed E-state index contributed by atoms with van der Waals surface area (Å²) in [7, 11) is -2.30. The minimum Gasteiger partial charge on any atom is -0.497 e. The Morgan fingerprint density at radius 1 is 1.00 bits per heavy atom. The molecule has 0 saturated carbocycles. The monoisotopic (exact) mass is 316 g/mol. The molecule has 0 radical (unpaired) electrons. The Kier molecular flexibility index (Phi) is 3.26. The van der Waals surface area contributed by atoms with Crippen LogP contribution < -0.4 is 4.74 Å². The van der Waals surface area contributed by atoms with Gasteiger partial charge in [-0.25, -0.2) is 13.2 Å². The summed E-state index contributed by atoms with van der Waals surface area (Å²) >= 11 is 0. The molecule has 6 heteroatoms. The lowest BCUT2D eigenvalue weighted by Crippen LogP contribution is -2.07. The van der Waals surface area contributed by atoms with Crippen LogP contribution in [-0.4, -0.2) is 26.6 Å². The lowest BCUT2D eigenvalue weighted by Gasteiger charge is -2.10. The predicted octanol–water partition coefficient (Wildman–Crippen LogP) is 2.71. The maximum absolute atomic E-state index is 12.8. The number of hydrogen-bond acceptors (Lipinski definition) is 4. The molecular formula is C16H12O5S. The molecule has 0 fully saturated rings. The molecular weight excluding hydrogens is 304 g/mol. The molecule has 0 atom stereocenters. The minimum absolute atomic E-state index is 0.00688. The number of carbonyl (C=O) groups is 1. The number of fused-ring (bicyclic) bond motifs is 2. The first-order valence-corrected chi connectivity index (χ1v) is 7.90. The third kappa shape index (κ3) is 2.17. The first-order valence-electron chi connectivity index (χ1n) is 6.42. The standard InChI is InChI=1S/C16H12O5S/c1-21-13-6-7-14-11(8-13)4-2-10-3-5-12(16(17)18)9-15(10)22(14,19)20/h2-9H,1H3,(H,17,18). The Morgan fingerprint density at radius 2 is 1.73 bits per heavy atom. The molecule has 1 heterocycles. The van der Waals surface area contributed by atoms with Crippen molar-refractivity contribution in [2.45, 2.75) is 9.79 Å². The van der Waals surface area contributed by atoms with E-state index in [1.807, 2.05) is 0 Å². The van der Waals surface area contributed by atoms with Crippen LogP contribution in [0.25, 0.3) is 12.2 Å². The quantitative estimate of drug-likeness (QED) is 0.786. The van der Waals surface area contributed by atoms with Crippen molar-refractivity contribution in [1.82, 2.24) is 0 Å². The summed E-state index contributed by atoms with van der Waals surface area (Å²) in [5.41, 5.74) is 0.903. The van der Waals surface area contributed by atoms with Gasteiger partial charge in [0, 0.05) is 0 Å². The van der Waals surface area contributed by atoms with Crippen LogP contribution in [0.2, 0.25) is 0 Å². The number of carboxylic acid groups (broad SMARTS) is 1. The molecule has 2 aromatic carbocycles. The first kappa shape index (κ1) is 14.3. The van der Waals surface area contributed by atoms with E-state index in [0.29, 0.717) is 16.9 Å². The summed E-state index contributed by atoms with van der Waals surface area (Å²) in [5.74, 6) is -0.614. The van der Waals surface area contributed by atoms with Gasteiger partial charge < -0.3 is 9.84 Å². The number of aromatic carboxylic acids is 1. The Bertz CT molecular complexity index is 910. The smallest absolute Gasteiger partial charge is 0.335 e. The summed E-state index contributed by atoms with van der Waals surface area (Å²) in [6, 6.07) is 8.74. The van der Waals surface area contributed by atoms with Crippen molar-refractivity contribution in [3.63, 3.8) is 0 Å².